The Morgan fingerprint density at radius 1 is 1.32 bits per heavy atom. The molecular formula is C14H17N3O2. The van der Waals surface area contributed by atoms with Gasteiger partial charge in [0.25, 0.3) is 5.91 Å². The highest BCUT2D eigenvalue weighted by Gasteiger charge is 2.32. The molecule has 100 valence electrons. The van der Waals surface area contributed by atoms with Crippen molar-refractivity contribution in [2.45, 2.75) is 6.92 Å². The number of rotatable bonds is 3. The summed E-state index contributed by atoms with van der Waals surface area (Å²) in [5.41, 5.74) is 1.20. The molecular weight excluding hydrogens is 242 g/mol. The molecule has 0 aliphatic carbocycles. The van der Waals surface area contributed by atoms with Crippen molar-refractivity contribution in [3.05, 3.63) is 42.1 Å². The Labute approximate surface area is 112 Å². The first kappa shape index (κ1) is 13.1. The predicted octanol–water partition coefficient (Wildman–Crippen LogP) is 1.83. The topological polar surface area (TPSA) is 45.1 Å². The molecule has 0 unspecified atom stereocenters. The number of hydrogen-bond acceptors (Lipinski definition) is 4. The third-order valence-corrected chi connectivity index (χ3v) is 2.51. The molecule has 1 aromatic carbocycles. The summed E-state index contributed by atoms with van der Waals surface area (Å²) in [7, 11) is 3.71. The van der Waals surface area contributed by atoms with Gasteiger partial charge in [-0.05, 0) is 19.1 Å². The van der Waals surface area contributed by atoms with Crippen molar-refractivity contribution >= 4 is 17.5 Å². The minimum atomic E-state index is -0.177. The van der Waals surface area contributed by atoms with E-state index in [4.69, 9.17) is 4.74 Å². The van der Waals surface area contributed by atoms with Crippen LogP contribution in [0.25, 0.3) is 0 Å². The van der Waals surface area contributed by atoms with E-state index in [1.54, 1.807) is 11.1 Å². The Morgan fingerprint density at radius 2 is 2.00 bits per heavy atom. The monoisotopic (exact) mass is 259 g/mol. The van der Waals surface area contributed by atoms with E-state index in [1.165, 1.54) is 5.01 Å². The lowest BCUT2D eigenvalue weighted by Gasteiger charge is -2.11. The van der Waals surface area contributed by atoms with E-state index in [0.29, 0.717) is 18.1 Å². The van der Waals surface area contributed by atoms with Crippen LogP contribution in [0.5, 0.6) is 0 Å². The lowest BCUT2D eigenvalue weighted by atomic mass is 10.2. The fraction of sp³-hybridized carbons (Fsp3) is 0.286. The van der Waals surface area contributed by atoms with Gasteiger partial charge in [-0.3, -0.25) is 4.79 Å². The van der Waals surface area contributed by atoms with Crippen molar-refractivity contribution in [3.63, 3.8) is 0 Å². The fourth-order valence-corrected chi connectivity index (χ4v) is 1.75. The standard InChI is InChI=1S/C14H17N3O2/c1-4-19-13-12(10-16(2)3)14(18)17(15-13)11-8-6-5-7-9-11/h5-10H,4H2,1-3H3. The number of ether oxygens (including phenoxy) is 1. The molecule has 0 saturated carbocycles. The highest BCUT2D eigenvalue weighted by atomic mass is 16.5. The van der Waals surface area contributed by atoms with Gasteiger partial charge in [0.2, 0.25) is 5.90 Å². The third kappa shape index (κ3) is 2.76. The maximum Gasteiger partial charge on any atom is 0.285 e. The minimum absolute atomic E-state index is 0.177. The van der Waals surface area contributed by atoms with Gasteiger partial charge in [-0.15, -0.1) is 5.10 Å². The van der Waals surface area contributed by atoms with Crippen LogP contribution in [0.4, 0.5) is 5.69 Å². The first-order chi connectivity index (χ1) is 9.13. The van der Waals surface area contributed by atoms with Crippen LogP contribution in [0, 0.1) is 0 Å². The Balaban J connectivity index is 2.36. The maximum absolute atomic E-state index is 12.4. The quantitative estimate of drug-likeness (QED) is 0.778. The van der Waals surface area contributed by atoms with Gasteiger partial charge in [0.05, 0.1) is 12.3 Å². The molecule has 1 aliphatic heterocycles. The number of benzene rings is 1. The number of carbonyl (C=O) groups excluding carboxylic acids is 1. The summed E-state index contributed by atoms with van der Waals surface area (Å²) in [5, 5.41) is 5.61. The van der Waals surface area contributed by atoms with Crippen molar-refractivity contribution in [2.75, 3.05) is 25.7 Å². The normalized spacial score (nSPS) is 16.8. The molecule has 0 atom stereocenters. The lowest BCUT2D eigenvalue weighted by Crippen LogP contribution is -2.22. The molecule has 2 rings (SSSR count). The molecule has 1 aliphatic rings. The van der Waals surface area contributed by atoms with Crippen LogP contribution in [-0.2, 0) is 9.53 Å². The summed E-state index contributed by atoms with van der Waals surface area (Å²) >= 11 is 0. The lowest BCUT2D eigenvalue weighted by molar-refractivity contribution is -0.114. The molecule has 0 saturated heterocycles. The number of nitrogens with zero attached hydrogens (tertiary/aromatic N) is 3. The summed E-state index contributed by atoms with van der Waals surface area (Å²) in [5.74, 6) is 0.188. The zero-order chi connectivity index (χ0) is 13.8. The Hall–Kier alpha value is -2.30. The Bertz CT molecular complexity index is 521. The van der Waals surface area contributed by atoms with Crippen LogP contribution in [0.15, 0.2) is 47.2 Å². The summed E-state index contributed by atoms with van der Waals surface area (Å²) < 4.78 is 5.43. The molecule has 5 nitrogen and oxygen atoms in total. The fourth-order valence-electron chi connectivity index (χ4n) is 1.75. The van der Waals surface area contributed by atoms with Crippen molar-refractivity contribution in [2.24, 2.45) is 5.10 Å². The van der Waals surface area contributed by atoms with Crippen LogP contribution in [0.2, 0.25) is 0 Å². The second-order valence-electron chi connectivity index (χ2n) is 4.30. The third-order valence-electron chi connectivity index (χ3n) is 2.51. The largest absolute Gasteiger partial charge is 0.476 e. The highest BCUT2D eigenvalue weighted by molar-refractivity contribution is 6.27. The van der Waals surface area contributed by atoms with Gasteiger partial charge >= 0.3 is 0 Å². The van der Waals surface area contributed by atoms with Crippen molar-refractivity contribution in [3.8, 4) is 0 Å². The molecule has 0 radical (unpaired) electrons. The average molecular weight is 259 g/mol. The van der Waals surface area contributed by atoms with Gasteiger partial charge in [0.15, 0.2) is 0 Å². The van der Waals surface area contributed by atoms with Crippen LogP contribution < -0.4 is 5.01 Å². The first-order valence-corrected chi connectivity index (χ1v) is 6.13. The molecule has 19 heavy (non-hydrogen) atoms. The number of para-hydroxylation sites is 1. The zero-order valence-corrected chi connectivity index (χ0v) is 11.3. The van der Waals surface area contributed by atoms with E-state index in [-0.39, 0.29) is 5.91 Å². The average Bonchev–Trinajstić information content (AvgIpc) is 2.69. The Kier molecular flexibility index (Phi) is 3.85. The van der Waals surface area contributed by atoms with Gasteiger partial charge in [-0.1, -0.05) is 18.2 Å². The van der Waals surface area contributed by atoms with Gasteiger partial charge in [0.1, 0.15) is 5.57 Å². The zero-order valence-electron chi connectivity index (χ0n) is 11.3. The summed E-state index contributed by atoms with van der Waals surface area (Å²) in [6.07, 6.45) is 1.72. The van der Waals surface area contributed by atoms with Gasteiger partial charge in [-0.2, -0.15) is 5.01 Å². The SMILES string of the molecule is CCOC1=NN(c2ccccc2)C(=O)C1=CN(C)C. The molecule has 5 heteroatoms. The smallest absolute Gasteiger partial charge is 0.285 e. The molecule has 0 N–H and O–H groups in total. The molecule has 0 spiro atoms. The van der Waals surface area contributed by atoms with E-state index in [1.807, 2.05) is 51.4 Å². The number of amides is 1. The van der Waals surface area contributed by atoms with E-state index in [9.17, 15) is 4.79 Å². The van der Waals surface area contributed by atoms with Crippen LogP contribution in [-0.4, -0.2) is 37.4 Å². The molecule has 1 heterocycles. The van der Waals surface area contributed by atoms with Gasteiger partial charge in [-0.25, -0.2) is 0 Å². The summed E-state index contributed by atoms with van der Waals surface area (Å²) in [4.78, 5) is 14.2. The Morgan fingerprint density at radius 3 is 2.58 bits per heavy atom. The second kappa shape index (κ2) is 5.56. The van der Waals surface area contributed by atoms with Crippen molar-refractivity contribution < 1.29 is 9.53 Å². The number of hydrazone groups is 1. The molecule has 0 bridgehead atoms. The molecule has 0 fully saturated rings. The van der Waals surface area contributed by atoms with Crippen molar-refractivity contribution in [1.82, 2.24) is 4.90 Å². The second-order valence-corrected chi connectivity index (χ2v) is 4.30. The van der Waals surface area contributed by atoms with Crippen LogP contribution in [0.1, 0.15) is 6.92 Å². The van der Waals surface area contributed by atoms with Crippen molar-refractivity contribution in [1.29, 1.82) is 0 Å². The summed E-state index contributed by atoms with van der Waals surface area (Å²) in [6, 6.07) is 9.30. The van der Waals surface area contributed by atoms with Crippen LogP contribution >= 0.6 is 0 Å². The number of carbonyl (C=O) groups is 1. The van der Waals surface area contributed by atoms with E-state index in [2.05, 4.69) is 5.10 Å². The van der Waals surface area contributed by atoms with Gasteiger partial charge in [0, 0.05) is 20.3 Å². The predicted molar refractivity (Wildman–Crippen MR) is 74.8 cm³/mol. The van der Waals surface area contributed by atoms with E-state index >= 15 is 0 Å². The summed E-state index contributed by atoms with van der Waals surface area (Å²) in [6.45, 7) is 2.34. The number of anilines is 1. The van der Waals surface area contributed by atoms with E-state index < -0.39 is 0 Å². The highest BCUT2D eigenvalue weighted by Crippen LogP contribution is 2.23. The number of hydrogen-bond donors (Lipinski definition) is 0. The molecule has 0 aromatic heterocycles. The minimum Gasteiger partial charge on any atom is -0.476 e. The first-order valence-electron chi connectivity index (χ1n) is 6.13. The maximum atomic E-state index is 12.4. The molecule has 1 amide bonds. The van der Waals surface area contributed by atoms with Gasteiger partial charge < -0.3 is 9.64 Å². The van der Waals surface area contributed by atoms with Crippen LogP contribution in [0.3, 0.4) is 0 Å². The molecule has 1 aromatic rings. The van der Waals surface area contributed by atoms with E-state index in [0.717, 1.165) is 5.69 Å².